The van der Waals surface area contributed by atoms with Gasteiger partial charge >= 0.3 is 0 Å². The summed E-state index contributed by atoms with van der Waals surface area (Å²) in [4.78, 5) is 14.5. The number of hydrogen-bond donors (Lipinski definition) is 0. The number of nitrogens with zero attached hydrogens (tertiary/aromatic N) is 4. The van der Waals surface area contributed by atoms with Crippen LogP contribution >= 0.6 is 0 Å². The Morgan fingerprint density at radius 1 is 1.22 bits per heavy atom. The Labute approximate surface area is 158 Å². The van der Waals surface area contributed by atoms with Crippen molar-refractivity contribution >= 4 is 5.91 Å². The minimum Gasteiger partial charge on any atom is -0.489 e. The number of benzene rings is 1. The molecule has 0 atom stereocenters. The number of amides is 1. The van der Waals surface area contributed by atoms with Gasteiger partial charge in [-0.3, -0.25) is 9.48 Å². The van der Waals surface area contributed by atoms with Crippen LogP contribution in [0.5, 0.6) is 5.75 Å². The van der Waals surface area contributed by atoms with Gasteiger partial charge < -0.3 is 14.2 Å². The van der Waals surface area contributed by atoms with Gasteiger partial charge in [-0.05, 0) is 39.0 Å². The lowest BCUT2D eigenvalue weighted by Gasteiger charge is -2.17. The summed E-state index contributed by atoms with van der Waals surface area (Å²) in [6.45, 7) is 7.23. The van der Waals surface area contributed by atoms with Crippen molar-refractivity contribution in [2.75, 3.05) is 7.05 Å². The van der Waals surface area contributed by atoms with E-state index in [1.165, 1.54) is 0 Å². The summed E-state index contributed by atoms with van der Waals surface area (Å²) in [5.74, 6) is 1.11. The Morgan fingerprint density at radius 2 is 1.96 bits per heavy atom. The van der Waals surface area contributed by atoms with Crippen LogP contribution in [0.4, 0.5) is 0 Å². The van der Waals surface area contributed by atoms with Crippen LogP contribution in [0.25, 0.3) is 0 Å². The fourth-order valence-corrected chi connectivity index (χ4v) is 2.79. The van der Waals surface area contributed by atoms with Crippen molar-refractivity contribution < 1.29 is 14.1 Å². The highest BCUT2D eigenvalue weighted by atomic mass is 16.5. The molecule has 0 N–H and O–H groups in total. The number of aromatic nitrogens is 3. The Balaban J connectivity index is 1.72. The van der Waals surface area contributed by atoms with Gasteiger partial charge in [0.2, 0.25) is 0 Å². The van der Waals surface area contributed by atoms with Crippen LogP contribution in [0, 0.1) is 13.8 Å². The van der Waals surface area contributed by atoms with Gasteiger partial charge in [-0.1, -0.05) is 22.9 Å². The largest absolute Gasteiger partial charge is 0.489 e. The summed E-state index contributed by atoms with van der Waals surface area (Å²) in [5.41, 5.74) is 3.07. The van der Waals surface area contributed by atoms with Gasteiger partial charge in [-0.25, -0.2) is 0 Å². The van der Waals surface area contributed by atoms with Gasteiger partial charge in [0.15, 0.2) is 5.69 Å². The molecule has 1 amide bonds. The number of ether oxygens (including phenoxy) is 1. The molecule has 0 unspecified atom stereocenters. The summed E-state index contributed by atoms with van der Waals surface area (Å²) in [7, 11) is 1.74. The first-order valence-corrected chi connectivity index (χ1v) is 8.90. The predicted molar refractivity (Wildman–Crippen MR) is 100 cm³/mol. The van der Waals surface area contributed by atoms with Crippen LogP contribution in [0.1, 0.15) is 40.0 Å². The predicted octanol–water partition coefficient (Wildman–Crippen LogP) is 3.36. The molecule has 0 aliphatic rings. The molecule has 0 aliphatic carbocycles. The van der Waals surface area contributed by atoms with E-state index in [0.717, 1.165) is 23.6 Å². The van der Waals surface area contributed by atoms with E-state index in [1.807, 2.05) is 48.9 Å². The molecule has 27 heavy (non-hydrogen) atoms. The molecule has 0 saturated heterocycles. The van der Waals surface area contributed by atoms with Crippen molar-refractivity contribution in [3.8, 4) is 5.75 Å². The standard InChI is InChI=1S/C20H24N4O3/c1-5-24-16(10-11-21-24)12-23(4)20(25)19-18(15(3)27-22-19)13-26-17-8-6-14(2)7-9-17/h6-11H,5,12-13H2,1-4H3. The molecule has 7 nitrogen and oxygen atoms in total. The average Bonchev–Trinajstić information content (AvgIpc) is 3.26. The molecule has 0 bridgehead atoms. The quantitative estimate of drug-likeness (QED) is 0.639. The molecule has 3 rings (SSSR count). The van der Waals surface area contributed by atoms with Crippen LogP contribution in [0.15, 0.2) is 41.1 Å². The summed E-state index contributed by atoms with van der Waals surface area (Å²) in [6, 6.07) is 9.66. The maximum Gasteiger partial charge on any atom is 0.276 e. The molecule has 0 aliphatic heterocycles. The van der Waals surface area contributed by atoms with E-state index >= 15 is 0 Å². The number of aryl methyl sites for hydroxylation is 3. The topological polar surface area (TPSA) is 73.4 Å². The molecule has 0 spiro atoms. The van der Waals surface area contributed by atoms with Crippen LogP contribution in [-0.2, 0) is 19.7 Å². The van der Waals surface area contributed by atoms with Crippen LogP contribution in [-0.4, -0.2) is 32.8 Å². The fourth-order valence-electron chi connectivity index (χ4n) is 2.79. The third-order valence-corrected chi connectivity index (χ3v) is 4.44. The summed E-state index contributed by atoms with van der Waals surface area (Å²) in [5, 5.41) is 8.20. The lowest BCUT2D eigenvalue weighted by Crippen LogP contribution is -2.28. The Hall–Kier alpha value is -3.09. The highest BCUT2D eigenvalue weighted by Gasteiger charge is 2.24. The molecule has 0 fully saturated rings. The van der Waals surface area contributed by atoms with E-state index in [2.05, 4.69) is 10.3 Å². The van der Waals surface area contributed by atoms with Crippen molar-refractivity contribution in [3.05, 3.63) is 64.8 Å². The average molecular weight is 368 g/mol. The molecule has 2 aromatic heterocycles. The molecular weight excluding hydrogens is 344 g/mol. The zero-order valence-corrected chi connectivity index (χ0v) is 16.1. The monoisotopic (exact) mass is 368 g/mol. The van der Waals surface area contributed by atoms with Crippen molar-refractivity contribution in [2.45, 2.75) is 40.5 Å². The van der Waals surface area contributed by atoms with Gasteiger partial charge in [0, 0.05) is 19.8 Å². The van der Waals surface area contributed by atoms with E-state index in [9.17, 15) is 4.79 Å². The normalized spacial score (nSPS) is 10.8. The Morgan fingerprint density at radius 3 is 2.67 bits per heavy atom. The van der Waals surface area contributed by atoms with E-state index in [4.69, 9.17) is 9.26 Å². The first-order chi connectivity index (χ1) is 13.0. The summed E-state index contributed by atoms with van der Waals surface area (Å²) in [6.07, 6.45) is 1.73. The van der Waals surface area contributed by atoms with E-state index in [1.54, 1.807) is 25.1 Å². The Kier molecular flexibility index (Phi) is 5.59. The fraction of sp³-hybridized carbons (Fsp3) is 0.350. The number of hydrogen-bond acceptors (Lipinski definition) is 5. The molecule has 142 valence electrons. The van der Waals surface area contributed by atoms with Crippen LogP contribution in [0.3, 0.4) is 0 Å². The third kappa shape index (κ3) is 4.19. The summed E-state index contributed by atoms with van der Waals surface area (Å²) < 4.78 is 12.9. The second kappa shape index (κ2) is 8.07. The minimum atomic E-state index is -0.210. The summed E-state index contributed by atoms with van der Waals surface area (Å²) >= 11 is 0. The highest BCUT2D eigenvalue weighted by molar-refractivity contribution is 5.93. The number of rotatable bonds is 7. The number of carbonyl (C=O) groups excluding carboxylic acids is 1. The van der Waals surface area contributed by atoms with Crippen molar-refractivity contribution in [3.63, 3.8) is 0 Å². The van der Waals surface area contributed by atoms with Gasteiger partial charge in [-0.2, -0.15) is 5.10 Å². The van der Waals surface area contributed by atoms with Crippen LogP contribution < -0.4 is 4.74 Å². The van der Waals surface area contributed by atoms with Gasteiger partial charge in [0.1, 0.15) is 18.1 Å². The molecule has 2 heterocycles. The lowest BCUT2D eigenvalue weighted by molar-refractivity contribution is 0.0768. The second-order valence-electron chi connectivity index (χ2n) is 6.47. The zero-order valence-electron chi connectivity index (χ0n) is 16.1. The number of carbonyl (C=O) groups is 1. The first-order valence-electron chi connectivity index (χ1n) is 8.90. The third-order valence-electron chi connectivity index (χ3n) is 4.44. The molecule has 0 saturated carbocycles. The van der Waals surface area contributed by atoms with E-state index in [0.29, 0.717) is 17.9 Å². The van der Waals surface area contributed by atoms with E-state index < -0.39 is 0 Å². The van der Waals surface area contributed by atoms with E-state index in [-0.39, 0.29) is 18.2 Å². The minimum absolute atomic E-state index is 0.210. The Bertz CT molecular complexity index is 912. The zero-order chi connectivity index (χ0) is 19.4. The van der Waals surface area contributed by atoms with Crippen LogP contribution in [0.2, 0.25) is 0 Å². The van der Waals surface area contributed by atoms with Gasteiger partial charge in [0.05, 0.1) is 17.8 Å². The molecule has 1 aromatic carbocycles. The van der Waals surface area contributed by atoms with Gasteiger partial charge in [0.25, 0.3) is 5.91 Å². The molecule has 3 aromatic rings. The van der Waals surface area contributed by atoms with Crippen molar-refractivity contribution in [1.29, 1.82) is 0 Å². The molecule has 7 heteroatoms. The van der Waals surface area contributed by atoms with Crippen molar-refractivity contribution in [1.82, 2.24) is 19.8 Å². The second-order valence-corrected chi connectivity index (χ2v) is 6.47. The SMILES string of the molecule is CCn1nccc1CN(C)C(=O)c1noc(C)c1COc1ccc(C)cc1. The smallest absolute Gasteiger partial charge is 0.276 e. The highest BCUT2D eigenvalue weighted by Crippen LogP contribution is 2.20. The molecule has 0 radical (unpaired) electrons. The molecular formula is C20H24N4O3. The lowest BCUT2D eigenvalue weighted by atomic mass is 10.2. The van der Waals surface area contributed by atoms with Gasteiger partial charge in [-0.15, -0.1) is 0 Å². The van der Waals surface area contributed by atoms with Crippen molar-refractivity contribution in [2.24, 2.45) is 0 Å². The first kappa shape index (κ1) is 18.7. The maximum atomic E-state index is 12.9. The maximum absolute atomic E-state index is 12.9.